The molecule has 0 unspecified atom stereocenters. The van der Waals surface area contributed by atoms with Crippen LogP contribution in [0.3, 0.4) is 0 Å². The van der Waals surface area contributed by atoms with E-state index in [0.717, 1.165) is 6.26 Å². The molecule has 0 bridgehead atoms. The largest absolute Gasteiger partial charge is 0.486 e. The minimum Gasteiger partial charge on any atom is -0.486 e. The van der Waals surface area contributed by atoms with Crippen LogP contribution in [0.15, 0.2) is 48.5 Å². The van der Waals surface area contributed by atoms with Crippen molar-refractivity contribution in [2.75, 3.05) is 26.0 Å². The Hall–Kier alpha value is -3.07. The van der Waals surface area contributed by atoms with Crippen molar-refractivity contribution in [1.29, 1.82) is 0 Å². The molecule has 0 fully saturated rings. The SMILES string of the molecule is CS(=O)(=O)Cc1ccc(C(=O)OCC(=O)NC[C@H]2COc3ccccc3O2)cc1. The van der Waals surface area contributed by atoms with Crippen LogP contribution in [0.4, 0.5) is 0 Å². The predicted octanol–water partition coefficient (Wildman–Crippen LogP) is 1.34. The lowest BCUT2D eigenvalue weighted by Gasteiger charge is -2.26. The highest BCUT2D eigenvalue weighted by Crippen LogP contribution is 2.30. The molecule has 2 aromatic rings. The van der Waals surface area contributed by atoms with Gasteiger partial charge in [-0.1, -0.05) is 24.3 Å². The quantitative estimate of drug-likeness (QED) is 0.675. The lowest BCUT2D eigenvalue weighted by Crippen LogP contribution is -2.42. The van der Waals surface area contributed by atoms with Crippen molar-refractivity contribution in [3.63, 3.8) is 0 Å². The highest BCUT2D eigenvalue weighted by molar-refractivity contribution is 7.89. The molecule has 1 aliphatic heterocycles. The third-order valence-corrected chi connectivity index (χ3v) is 4.90. The van der Waals surface area contributed by atoms with Crippen LogP contribution in [0.1, 0.15) is 15.9 Å². The summed E-state index contributed by atoms with van der Waals surface area (Å²) in [6.07, 6.45) is 0.795. The molecule has 154 valence electrons. The second-order valence-corrected chi connectivity index (χ2v) is 8.79. The van der Waals surface area contributed by atoms with E-state index in [4.69, 9.17) is 14.2 Å². The summed E-state index contributed by atoms with van der Waals surface area (Å²) < 4.78 is 38.8. The van der Waals surface area contributed by atoms with Crippen LogP contribution < -0.4 is 14.8 Å². The van der Waals surface area contributed by atoms with Crippen molar-refractivity contribution >= 4 is 21.7 Å². The number of esters is 1. The number of rotatable bonds is 7. The number of ether oxygens (including phenoxy) is 3. The monoisotopic (exact) mass is 419 g/mol. The molecule has 9 heteroatoms. The molecule has 0 radical (unpaired) electrons. The fourth-order valence-corrected chi connectivity index (χ4v) is 3.49. The molecule has 0 aliphatic carbocycles. The molecule has 1 heterocycles. The first-order valence-electron chi connectivity index (χ1n) is 8.89. The number of benzene rings is 2. The topological polar surface area (TPSA) is 108 Å². The van der Waals surface area contributed by atoms with Crippen LogP contribution in [0.5, 0.6) is 11.5 Å². The Morgan fingerprint density at radius 1 is 1.10 bits per heavy atom. The van der Waals surface area contributed by atoms with Gasteiger partial charge < -0.3 is 19.5 Å². The summed E-state index contributed by atoms with van der Waals surface area (Å²) in [5, 5.41) is 2.64. The van der Waals surface area contributed by atoms with Crippen LogP contribution in [-0.2, 0) is 25.1 Å². The van der Waals surface area contributed by atoms with Crippen LogP contribution in [-0.4, -0.2) is 52.4 Å². The summed E-state index contributed by atoms with van der Waals surface area (Å²) in [6, 6.07) is 13.3. The number of hydrogen-bond acceptors (Lipinski definition) is 7. The molecule has 29 heavy (non-hydrogen) atoms. The molecule has 2 aromatic carbocycles. The van der Waals surface area contributed by atoms with Crippen LogP contribution in [0.25, 0.3) is 0 Å². The van der Waals surface area contributed by atoms with Gasteiger partial charge in [-0.25, -0.2) is 13.2 Å². The number of fused-ring (bicyclic) bond motifs is 1. The fraction of sp³-hybridized carbons (Fsp3) is 0.300. The average molecular weight is 419 g/mol. The summed E-state index contributed by atoms with van der Waals surface area (Å²) >= 11 is 0. The van der Waals surface area contributed by atoms with Crippen molar-refractivity contribution in [2.24, 2.45) is 0 Å². The average Bonchev–Trinajstić information content (AvgIpc) is 2.69. The number of carbonyl (C=O) groups excluding carboxylic acids is 2. The van der Waals surface area contributed by atoms with E-state index in [0.29, 0.717) is 23.7 Å². The number of para-hydroxylation sites is 2. The standard InChI is InChI=1S/C20H21NO7S/c1-29(24,25)13-14-6-8-15(9-7-14)20(23)27-12-19(22)21-10-16-11-26-17-4-2-3-5-18(17)28-16/h2-9,16H,10-13H2,1H3,(H,21,22)/t16-/m0/s1. The van der Waals surface area contributed by atoms with Crippen molar-refractivity contribution in [1.82, 2.24) is 5.32 Å². The minimum absolute atomic E-state index is 0.109. The van der Waals surface area contributed by atoms with E-state index < -0.39 is 28.3 Å². The van der Waals surface area contributed by atoms with E-state index in [-0.39, 0.29) is 24.0 Å². The molecule has 8 nitrogen and oxygen atoms in total. The number of nitrogens with one attached hydrogen (secondary N) is 1. The summed E-state index contributed by atoms with van der Waals surface area (Å²) in [5.74, 6) is 0.0318. The smallest absolute Gasteiger partial charge is 0.338 e. The van der Waals surface area contributed by atoms with Crippen molar-refractivity contribution in [3.8, 4) is 11.5 Å². The Morgan fingerprint density at radius 3 is 2.48 bits per heavy atom. The molecule has 1 N–H and O–H groups in total. The molecular formula is C20H21NO7S. The van der Waals surface area contributed by atoms with E-state index >= 15 is 0 Å². The second-order valence-electron chi connectivity index (χ2n) is 6.64. The van der Waals surface area contributed by atoms with Crippen molar-refractivity contribution in [3.05, 3.63) is 59.7 Å². The highest BCUT2D eigenvalue weighted by atomic mass is 32.2. The van der Waals surface area contributed by atoms with Crippen LogP contribution >= 0.6 is 0 Å². The van der Waals surface area contributed by atoms with Gasteiger partial charge in [-0.15, -0.1) is 0 Å². The normalized spacial score (nSPS) is 15.4. The van der Waals surface area contributed by atoms with Gasteiger partial charge in [0.2, 0.25) is 0 Å². The Labute approximate surface area is 168 Å². The van der Waals surface area contributed by atoms with Gasteiger partial charge in [0.15, 0.2) is 27.9 Å². The van der Waals surface area contributed by atoms with Crippen LogP contribution in [0.2, 0.25) is 0 Å². The zero-order valence-electron chi connectivity index (χ0n) is 15.8. The van der Waals surface area contributed by atoms with Gasteiger partial charge in [0.25, 0.3) is 5.91 Å². The second kappa shape index (κ2) is 8.95. The Bertz CT molecular complexity index is 986. The lowest BCUT2D eigenvalue weighted by atomic mass is 10.1. The maximum atomic E-state index is 12.0. The summed E-state index contributed by atoms with van der Waals surface area (Å²) in [6.45, 7) is 0.0793. The Balaban J connectivity index is 1.42. The first kappa shape index (κ1) is 20.7. The molecular weight excluding hydrogens is 398 g/mol. The lowest BCUT2D eigenvalue weighted by molar-refractivity contribution is -0.124. The Kier molecular flexibility index (Phi) is 6.38. The van der Waals surface area contributed by atoms with E-state index in [9.17, 15) is 18.0 Å². The van der Waals surface area contributed by atoms with Gasteiger partial charge >= 0.3 is 5.97 Å². The Morgan fingerprint density at radius 2 is 1.79 bits per heavy atom. The van der Waals surface area contributed by atoms with Gasteiger partial charge in [-0.05, 0) is 29.8 Å². The van der Waals surface area contributed by atoms with E-state index in [1.165, 1.54) is 24.3 Å². The van der Waals surface area contributed by atoms with Crippen LogP contribution in [0, 0.1) is 0 Å². The first-order valence-corrected chi connectivity index (χ1v) is 11.0. The summed E-state index contributed by atoms with van der Waals surface area (Å²) in [7, 11) is -3.15. The predicted molar refractivity (Wildman–Crippen MR) is 105 cm³/mol. The molecule has 1 aliphatic rings. The van der Waals surface area contributed by atoms with E-state index in [1.54, 1.807) is 12.1 Å². The first-order chi connectivity index (χ1) is 13.8. The maximum Gasteiger partial charge on any atom is 0.338 e. The van der Waals surface area contributed by atoms with Gasteiger partial charge in [0.05, 0.1) is 17.9 Å². The number of carbonyl (C=O) groups is 2. The zero-order valence-corrected chi connectivity index (χ0v) is 16.6. The molecule has 0 aromatic heterocycles. The van der Waals surface area contributed by atoms with E-state index in [1.807, 2.05) is 12.1 Å². The molecule has 1 atom stereocenters. The fourth-order valence-electron chi connectivity index (χ4n) is 2.70. The third-order valence-electron chi connectivity index (χ3n) is 4.05. The highest BCUT2D eigenvalue weighted by Gasteiger charge is 2.21. The molecule has 0 spiro atoms. The molecule has 1 amide bonds. The molecule has 0 saturated carbocycles. The minimum atomic E-state index is -3.15. The number of sulfone groups is 1. The summed E-state index contributed by atoms with van der Waals surface area (Å²) in [5.41, 5.74) is 0.800. The maximum absolute atomic E-state index is 12.0. The molecule has 0 saturated heterocycles. The third kappa shape index (κ3) is 6.21. The summed E-state index contributed by atoms with van der Waals surface area (Å²) in [4.78, 5) is 24.0. The van der Waals surface area contributed by atoms with E-state index in [2.05, 4.69) is 5.32 Å². The number of amides is 1. The van der Waals surface area contributed by atoms with Gasteiger partial charge in [-0.2, -0.15) is 0 Å². The van der Waals surface area contributed by atoms with Crippen molar-refractivity contribution in [2.45, 2.75) is 11.9 Å². The van der Waals surface area contributed by atoms with Gasteiger partial charge in [0, 0.05) is 6.26 Å². The number of hydrogen-bond donors (Lipinski definition) is 1. The van der Waals surface area contributed by atoms with Gasteiger partial charge in [-0.3, -0.25) is 4.79 Å². The molecule has 3 rings (SSSR count). The zero-order chi connectivity index (χ0) is 20.9. The van der Waals surface area contributed by atoms with Gasteiger partial charge in [0.1, 0.15) is 12.7 Å². The van der Waals surface area contributed by atoms with Crippen molar-refractivity contribution < 1.29 is 32.2 Å².